The molecule has 3 aromatic rings. The second-order valence-corrected chi connectivity index (χ2v) is 9.70. The van der Waals surface area contributed by atoms with Crippen molar-refractivity contribution in [2.45, 2.75) is 13.8 Å². The number of anilines is 1. The first-order valence-electron chi connectivity index (χ1n) is 10.9. The molecule has 5 nitrogen and oxygen atoms in total. The van der Waals surface area contributed by atoms with Crippen molar-refractivity contribution < 1.29 is 9.21 Å². The molecule has 7 heteroatoms. The molecule has 0 N–H and O–H groups in total. The van der Waals surface area contributed by atoms with E-state index in [1.165, 1.54) is 17.3 Å². The molecule has 33 heavy (non-hydrogen) atoms. The van der Waals surface area contributed by atoms with Crippen molar-refractivity contribution in [3.05, 3.63) is 81.4 Å². The van der Waals surface area contributed by atoms with Gasteiger partial charge in [-0.25, -0.2) is 0 Å². The fourth-order valence-electron chi connectivity index (χ4n) is 3.90. The average molecular weight is 478 g/mol. The maximum absolute atomic E-state index is 12.5. The van der Waals surface area contributed by atoms with E-state index in [4.69, 9.17) is 16.0 Å². The van der Waals surface area contributed by atoms with Gasteiger partial charge >= 0.3 is 0 Å². The number of amidine groups is 1. The highest BCUT2D eigenvalue weighted by Crippen LogP contribution is 2.33. The Labute approximate surface area is 202 Å². The molecule has 1 aromatic heterocycles. The van der Waals surface area contributed by atoms with Crippen LogP contribution in [0.5, 0.6) is 0 Å². The largest absolute Gasteiger partial charge is 0.457 e. The van der Waals surface area contributed by atoms with Crippen molar-refractivity contribution >= 4 is 46.2 Å². The number of aliphatic imine (C=N–C) groups is 1. The maximum Gasteiger partial charge on any atom is 0.286 e. The van der Waals surface area contributed by atoms with Gasteiger partial charge in [-0.2, -0.15) is 4.99 Å². The van der Waals surface area contributed by atoms with Crippen molar-refractivity contribution in [3.8, 4) is 11.3 Å². The third-order valence-corrected chi connectivity index (χ3v) is 7.37. The number of nitrogens with zero attached hydrogens (tertiary/aromatic N) is 3. The first-order chi connectivity index (χ1) is 16.0. The molecule has 1 amide bonds. The first-order valence-corrected chi connectivity index (χ1v) is 12.1. The highest BCUT2D eigenvalue weighted by atomic mass is 35.5. The molecule has 0 atom stereocenters. The van der Waals surface area contributed by atoms with Gasteiger partial charge in [-0.1, -0.05) is 47.5 Å². The Morgan fingerprint density at radius 3 is 2.42 bits per heavy atom. The zero-order valence-corrected chi connectivity index (χ0v) is 20.1. The van der Waals surface area contributed by atoms with E-state index in [1.54, 1.807) is 6.08 Å². The molecule has 2 aromatic carbocycles. The number of thioether (sulfide) groups is 1. The van der Waals surface area contributed by atoms with Crippen LogP contribution in [0.25, 0.3) is 17.4 Å². The Balaban J connectivity index is 1.23. The van der Waals surface area contributed by atoms with Gasteiger partial charge in [-0.05, 0) is 55.4 Å². The van der Waals surface area contributed by atoms with Gasteiger partial charge in [0.2, 0.25) is 0 Å². The summed E-state index contributed by atoms with van der Waals surface area (Å²) < 4.78 is 5.96. The van der Waals surface area contributed by atoms with E-state index in [0.29, 0.717) is 10.7 Å². The molecule has 0 aliphatic carbocycles. The monoisotopic (exact) mass is 477 g/mol. The van der Waals surface area contributed by atoms with E-state index < -0.39 is 0 Å². The molecule has 0 spiro atoms. The highest BCUT2D eigenvalue weighted by molar-refractivity contribution is 8.18. The van der Waals surface area contributed by atoms with Crippen LogP contribution in [0.4, 0.5) is 5.69 Å². The third-order valence-electron chi connectivity index (χ3n) is 5.92. The van der Waals surface area contributed by atoms with E-state index in [9.17, 15) is 4.79 Å². The van der Waals surface area contributed by atoms with Gasteiger partial charge in [0.25, 0.3) is 5.91 Å². The van der Waals surface area contributed by atoms with E-state index in [-0.39, 0.29) is 5.91 Å². The Hall–Kier alpha value is -2.96. The van der Waals surface area contributed by atoms with Crippen LogP contribution >= 0.6 is 23.4 Å². The summed E-state index contributed by atoms with van der Waals surface area (Å²) >= 11 is 7.71. The van der Waals surface area contributed by atoms with Crippen molar-refractivity contribution in [1.29, 1.82) is 0 Å². The summed E-state index contributed by atoms with van der Waals surface area (Å²) in [6, 6.07) is 18.2. The Morgan fingerprint density at radius 2 is 1.70 bits per heavy atom. The SMILES string of the molecule is Cc1ccc(-c2ccc(C=C3SC(N4CCN(c5ccc(C)c(Cl)c5)CC4)=NC3=O)o2)cc1. The molecule has 2 aliphatic rings. The van der Waals surface area contributed by atoms with Gasteiger partial charge in [0.05, 0.1) is 4.91 Å². The van der Waals surface area contributed by atoms with E-state index in [1.807, 2.05) is 37.3 Å². The quantitative estimate of drug-likeness (QED) is 0.432. The van der Waals surface area contributed by atoms with E-state index >= 15 is 0 Å². The molecule has 2 aliphatic heterocycles. The number of amides is 1. The zero-order valence-electron chi connectivity index (χ0n) is 18.5. The summed E-state index contributed by atoms with van der Waals surface area (Å²) in [7, 11) is 0. The number of halogens is 1. The lowest BCUT2D eigenvalue weighted by Gasteiger charge is -2.36. The summed E-state index contributed by atoms with van der Waals surface area (Å²) in [5.41, 5.74) is 4.43. The van der Waals surface area contributed by atoms with Crippen molar-refractivity contribution in [1.82, 2.24) is 4.90 Å². The molecule has 0 radical (unpaired) electrons. The van der Waals surface area contributed by atoms with Crippen LogP contribution in [0.3, 0.4) is 0 Å². The number of benzene rings is 2. The number of hydrogen-bond acceptors (Lipinski definition) is 5. The lowest BCUT2D eigenvalue weighted by molar-refractivity contribution is -0.113. The number of carbonyl (C=O) groups excluding carboxylic acids is 1. The minimum Gasteiger partial charge on any atom is -0.457 e. The lowest BCUT2D eigenvalue weighted by Crippen LogP contribution is -2.47. The van der Waals surface area contributed by atoms with Gasteiger partial charge in [0, 0.05) is 48.5 Å². The number of carbonyl (C=O) groups is 1. The van der Waals surface area contributed by atoms with Gasteiger partial charge in [0.1, 0.15) is 11.5 Å². The molecular formula is C26H24ClN3O2S. The van der Waals surface area contributed by atoms with Crippen LogP contribution in [-0.4, -0.2) is 42.2 Å². The highest BCUT2D eigenvalue weighted by Gasteiger charge is 2.29. The topological polar surface area (TPSA) is 49.0 Å². The Morgan fingerprint density at radius 1 is 0.970 bits per heavy atom. The minimum atomic E-state index is -0.212. The smallest absolute Gasteiger partial charge is 0.286 e. The van der Waals surface area contributed by atoms with E-state index in [2.05, 4.69) is 46.0 Å². The number of rotatable bonds is 3. The van der Waals surface area contributed by atoms with Crippen LogP contribution < -0.4 is 4.90 Å². The second kappa shape index (κ2) is 9.12. The molecule has 1 saturated heterocycles. The van der Waals surface area contributed by atoms with Crippen molar-refractivity contribution in [2.24, 2.45) is 4.99 Å². The summed E-state index contributed by atoms with van der Waals surface area (Å²) in [5, 5.41) is 1.55. The summed E-state index contributed by atoms with van der Waals surface area (Å²) in [5.74, 6) is 1.22. The Kier molecular flexibility index (Phi) is 6.04. The van der Waals surface area contributed by atoms with E-state index in [0.717, 1.165) is 58.9 Å². The summed E-state index contributed by atoms with van der Waals surface area (Å²) in [4.78, 5) is 21.9. The molecule has 3 heterocycles. The number of hydrogen-bond donors (Lipinski definition) is 0. The second-order valence-electron chi connectivity index (χ2n) is 8.29. The first kappa shape index (κ1) is 21.9. The van der Waals surface area contributed by atoms with Gasteiger partial charge in [-0.15, -0.1) is 0 Å². The molecule has 0 unspecified atom stereocenters. The van der Waals surface area contributed by atoms with Crippen LogP contribution in [0.2, 0.25) is 5.02 Å². The average Bonchev–Trinajstić information content (AvgIpc) is 3.43. The standard InChI is InChI=1S/C26H24ClN3O2S/c1-17-3-6-19(7-4-17)23-10-9-21(32-23)16-24-25(31)28-26(33-24)30-13-11-29(12-14-30)20-8-5-18(2)22(27)15-20/h3-10,15-16H,11-14H2,1-2H3. The van der Waals surface area contributed by atoms with Crippen LogP contribution in [-0.2, 0) is 4.79 Å². The predicted molar refractivity (Wildman–Crippen MR) is 137 cm³/mol. The maximum atomic E-state index is 12.5. The minimum absolute atomic E-state index is 0.212. The molecule has 0 saturated carbocycles. The predicted octanol–water partition coefficient (Wildman–Crippen LogP) is 6.01. The Bertz CT molecular complexity index is 1250. The van der Waals surface area contributed by atoms with Gasteiger partial charge in [-0.3, -0.25) is 4.79 Å². The van der Waals surface area contributed by atoms with Crippen molar-refractivity contribution in [2.75, 3.05) is 31.1 Å². The summed E-state index contributed by atoms with van der Waals surface area (Å²) in [6.07, 6.45) is 1.78. The van der Waals surface area contributed by atoms with Gasteiger partial charge in [0.15, 0.2) is 5.17 Å². The van der Waals surface area contributed by atoms with Crippen molar-refractivity contribution in [3.63, 3.8) is 0 Å². The zero-order chi connectivity index (χ0) is 22.9. The molecule has 0 bridgehead atoms. The number of aryl methyl sites for hydroxylation is 2. The molecule has 1 fully saturated rings. The normalized spacial score (nSPS) is 17.7. The number of piperazine rings is 1. The van der Waals surface area contributed by atoms with Crippen LogP contribution in [0.1, 0.15) is 16.9 Å². The summed E-state index contributed by atoms with van der Waals surface area (Å²) in [6.45, 7) is 7.37. The molecule has 5 rings (SSSR count). The molecule has 168 valence electrons. The molecular weight excluding hydrogens is 454 g/mol. The third kappa shape index (κ3) is 4.72. The van der Waals surface area contributed by atoms with Gasteiger partial charge < -0.3 is 14.2 Å². The lowest BCUT2D eigenvalue weighted by atomic mass is 10.1. The fourth-order valence-corrected chi connectivity index (χ4v) is 5.02. The van der Waals surface area contributed by atoms with Crippen LogP contribution in [0, 0.1) is 13.8 Å². The van der Waals surface area contributed by atoms with Crippen LogP contribution in [0.15, 0.2) is 68.9 Å². The fraction of sp³-hybridized carbons (Fsp3) is 0.231. The number of furan rings is 1.